The van der Waals surface area contributed by atoms with Crippen LogP contribution < -0.4 is 56.8 Å². The van der Waals surface area contributed by atoms with Crippen molar-refractivity contribution in [1.82, 2.24) is 0 Å². The predicted molar refractivity (Wildman–Crippen MR) is 376 cm³/mol. The topological polar surface area (TPSA) is 111 Å². The summed E-state index contributed by atoms with van der Waals surface area (Å²) in [6.07, 6.45) is 0.928. The number of hydrogen-bond donors (Lipinski definition) is 0. The molecule has 0 aliphatic rings. The van der Waals surface area contributed by atoms with E-state index in [-0.39, 0.29) is 5.92 Å². The number of ether oxygens (including phenoxy) is 12. The van der Waals surface area contributed by atoms with E-state index in [0.29, 0.717) is 0 Å². The normalized spacial score (nSPS) is 10.3. The first-order valence-corrected chi connectivity index (χ1v) is 30.5. The maximum Gasteiger partial charge on any atom is 0.126 e. The summed E-state index contributed by atoms with van der Waals surface area (Å²) in [5.74, 6) is 10.9. The molecule has 0 bridgehead atoms. The maximum absolute atomic E-state index is 5.63. The SMILES string of the molecule is COc1c(C)cc(C(c2cc(C)c(OC)c(C)c2)c2cc(C)c(OC)c(C)c2)cc1C.COc1c(C)cc(Cc2cc(C)c(OC)c(C)c2)cc1C.COc1ccc(OC)c(-c2cc(C)c(OC)c(C)c2)c1.COc1ccc(OC)cc1.COc1ccc(OC)cc1. The Hall–Kier alpha value is -9.42. The van der Waals surface area contributed by atoms with E-state index in [9.17, 15) is 0 Å². The van der Waals surface area contributed by atoms with Crippen molar-refractivity contribution in [2.75, 3.05) is 85.3 Å². The third kappa shape index (κ3) is 19.1. The fourth-order valence-corrected chi connectivity index (χ4v) is 12.0. The number of rotatable bonds is 18. The molecule has 0 saturated heterocycles. The molecule has 9 rings (SSSR count). The summed E-state index contributed by atoms with van der Waals surface area (Å²) in [5, 5.41) is 0. The van der Waals surface area contributed by atoms with E-state index in [1.165, 1.54) is 50.1 Å². The van der Waals surface area contributed by atoms with Gasteiger partial charge in [0.25, 0.3) is 0 Å². The summed E-state index contributed by atoms with van der Waals surface area (Å²) in [5.41, 5.74) is 22.3. The van der Waals surface area contributed by atoms with Gasteiger partial charge >= 0.3 is 0 Å². The lowest BCUT2D eigenvalue weighted by molar-refractivity contribution is 0.403. The molecule has 490 valence electrons. The average Bonchev–Trinajstić information content (AvgIpc) is 0.884. The van der Waals surface area contributed by atoms with Crippen molar-refractivity contribution in [3.63, 3.8) is 0 Å². The van der Waals surface area contributed by atoms with Crippen LogP contribution >= 0.6 is 0 Å². The standard InChI is InChI=1S/C28H34O3.C19H24O2.C17H20O3.2C8H10O2/c1-16-10-22(11-17(2)26(16)29-7)25(23-12-18(3)27(30-8)19(4)13-23)24-14-20(5)28(31-9)21(6)15-24;1-12-7-16(8-13(2)18(12)20-5)11-17-9-14(3)19(21-6)15(4)10-17;1-11-8-13(9-12(2)17(11)20-5)15-10-14(18-3)6-7-16(15)19-4;2*1-9-7-3-5-8(10-2)6-4-7/h10-15,25H,1-9H3;7-10H,11H2,1-6H3;6-10H,1-5H3;2*3-6H,1-2H3. The van der Waals surface area contributed by atoms with Crippen LogP contribution in [0.3, 0.4) is 0 Å². The van der Waals surface area contributed by atoms with E-state index in [0.717, 1.165) is 131 Å². The molecule has 0 radical (unpaired) electrons. The van der Waals surface area contributed by atoms with E-state index >= 15 is 0 Å². The summed E-state index contributed by atoms with van der Waals surface area (Å²) in [6.45, 7) is 25.2. The Morgan fingerprint density at radius 2 is 0.446 bits per heavy atom. The zero-order valence-corrected chi connectivity index (χ0v) is 59.0. The third-order valence-corrected chi connectivity index (χ3v) is 15.9. The Bertz CT molecular complexity index is 3410. The predicted octanol–water partition coefficient (Wildman–Crippen LogP) is 18.7. The molecule has 0 heterocycles. The van der Waals surface area contributed by atoms with Crippen LogP contribution in [0.1, 0.15) is 100 Å². The number of methoxy groups -OCH3 is 12. The molecular weight excluding hydrogens is 1150 g/mol. The van der Waals surface area contributed by atoms with Gasteiger partial charge in [0.15, 0.2) is 0 Å². The molecule has 9 aromatic carbocycles. The van der Waals surface area contributed by atoms with E-state index in [4.69, 9.17) is 56.8 Å². The lowest BCUT2D eigenvalue weighted by Gasteiger charge is -2.24. The Labute approximate surface area is 549 Å². The highest BCUT2D eigenvalue weighted by Gasteiger charge is 2.23. The highest BCUT2D eigenvalue weighted by atomic mass is 16.5. The van der Waals surface area contributed by atoms with E-state index in [1.807, 2.05) is 80.6 Å². The van der Waals surface area contributed by atoms with Gasteiger partial charge in [-0.05, 0) is 269 Å². The van der Waals surface area contributed by atoms with Crippen LogP contribution in [0.25, 0.3) is 11.1 Å². The van der Waals surface area contributed by atoms with Gasteiger partial charge in [0, 0.05) is 11.5 Å². The van der Waals surface area contributed by atoms with E-state index < -0.39 is 0 Å². The second kappa shape index (κ2) is 35.3. The Kier molecular flexibility index (Phi) is 28.1. The average molecular weight is 1250 g/mol. The maximum atomic E-state index is 5.63. The molecule has 12 heteroatoms. The van der Waals surface area contributed by atoms with Gasteiger partial charge in [-0.3, -0.25) is 0 Å². The summed E-state index contributed by atoms with van der Waals surface area (Å²) in [7, 11) is 20.3. The van der Waals surface area contributed by atoms with Gasteiger partial charge in [0.2, 0.25) is 0 Å². The molecule has 9 aromatic rings. The van der Waals surface area contributed by atoms with Gasteiger partial charge in [-0.2, -0.15) is 0 Å². The largest absolute Gasteiger partial charge is 0.497 e. The van der Waals surface area contributed by atoms with Gasteiger partial charge in [-0.25, -0.2) is 0 Å². The zero-order chi connectivity index (χ0) is 67.9. The molecule has 0 saturated carbocycles. The molecule has 0 aromatic heterocycles. The van der Waals surface area contributed by atoms with Crippen molar-refractivity contribution in [2.24, 2.45) is 0 Å². The quantitative estimate of drug-likeness (QED) is 0.0763. The highest BCUT2D eigenvalue weighted by molar-refractivity contribution is 5.74. The number of hydrogen-bond acceptors (Lipinski definition) is 12. The second-order valence-electron chi connectivity index (χ2n) is 22.7. The van der Waals surface area contributed by atoms with Gasteiger partial charge < -0.3 is 56.8 Å². The van der Waals surface area contributed by atoms with Gasteiger partial charge in [0.05, 0.1) is 85.3 Å². The molecule has 0 N–H and O–H groups in total. The van der Waals surface area contributed by atoms with E-state index in [1.54, 1.807) is 85.3 Å². The van der Waals surface area contributed by atoms with E-state index in [2.05, 4.69) is 142 Å². The molecule has 0 unspecified atom stereocenters. The Morgan fingerprint density at radius 3 is 0.663 bits per heavy atom. The minimum atomic E-state index is 0.0925. The van der Waals surface area contributed by atoms with Crippen LogP contribution in [0, 0.1) is 83.1 Å². The highest BCUT2D eigenvalue weighted by Crippen LogP contribution is 2.42. The Morgan fingerprint density at radius 1 is 0.228 bits per heavy atom. The van der Waals surface area contributed by atoms with Gasteiger partial charge in [0.1, 0.15) is 69.0 Å². The molecule has 0 amide bonds. The molecule has 12 nitrogen and oxygen atoms in total. The molecule has 0 aliphatic heterocycles. The summed E-state index contributed by atoms with van der Waals surface area (Å²) in [6, 6.07) is 47.2. The van der Waals surface area contributed by atoms with Crippen molar-refractivity contribution in [3.8, 4) is 80.1 Å². The first kappa shape index (κ1) is 73.3. The lowest BCUT2D eigenvalue weighted by atomic mass is 9.81. The molecule has 0 spiro atoms. The minimum Gasteiger partial charge on any atom is -0.497 e. The van der Waals surface area contributed by atoms with Crippen LogP contribution in [0.2, 0.25) is 0 Å². The van der Waals surface area contributed by atoms with Crippen molar-refractivity contribution in [3.05, 3.63) is 234 Å². The van der Waals surface area contributed by atoms with Crippen molar-refractivity contribution >= 4 is 0 Å². The van der Waals surface area contributed by atoms with Crippen LogP contribution in [0.15, 0.2) is 140 Å². The van der Waals surface area contributed by atoms with Gasteiger partial charge in [-0.1, -0.05) is 60.7 Å². The van der Waals surface area contributed by atoms with Crippen LogP contribution in [0.5, 0.6) is 69.0 Å². The number of aryl methyl sites for hydroxylation is 12. The fraction of sp³-hybridized carbons (Fsp3) is 0.325. The number of benzene rings is 9. The van der Waals surface area contributed by atoms with Crippen molar-refractivity contribution in [1.29, 1.82) is 0 Å². The summed E-state index contributed by atoms with van der Waals surface area (Å²) in [4.78, 5) is 0. The monoisotopic (exact) mass is 1250 g/mol. The van der Waals surface area contributed by atoms with Crippen molar-refractivity contribution < 1.29 is 56.8 Å². The minimum absolute atomic E-state index is 0.0925. The lowest BCUT2D eigenvalue weighted by Crippen LogP contribution is -2.08. The van der Waals surface area contributed by atoms with Crippen LogP contribution in [-0.2, 0) is 6.42 Å². The first-order chi connectivity index (χ1) is 44.0. The third-order valence-electron chi connectivity index (χ3n) is 15.9. The summed E-state index contributed by atoms with van der Waals surface area (Å²) < 4.78 is 63.7. The molecule has 0 atom stereocenters. The molecular formula is C80H98O12. The molecule has 0 fully saturated rings. The fourth-order valence-electron chi connectivity index (χ4n) is 12.0. The zero-order valence-electron chi connectivity index (χ0n) is 59.0. The Balaban J connectivity index is 0.000000222. The van der Waals surface area contributed by atoms with Gasteiger partial charge in [-0.15, -0.1) is 0 Å². The second-order valence-corrected chi connectivity index (χ2v) is 22.7. The first-order valence-electron chi connectivity index (χ1n) is 30.5. The molecule has 0 aliphatic carbocycles. The smallest absolute Gasteiger partial charge is 0.126 e. The van der Waals surface area contributed by atoms with Crippen LogP contribution in [0.4, 0.5) is 0 Å². The van der Waals surface area contributed by atoms with Crippen LogP contribution in [-0.4, -0.2) is 85.3 Å². The summed E-state index contributed by atoms with van der Waals surface area (Å²) >= 11 is 0. The van der Waals surface area contributed by atoms with Crippen molar-refractivity contribution in [2.45, 2.75) is 95.4 Å². The molecule has 92 heavy (non-hydrogen) atoms.